The molecule has 0 bridgehead atoms. The van der Waals surface area contributed by atoms with Crippen molar-refractivity contribution in [3.63, 3.8) is 0 Å². The van der Waals surface area contributed by atoms with Crippen LogP contribution in [0.4, 0.5) is 0 Å². The summed E-state index contributed by atoms with van der Waals surface area (Å²) in [4.78, 5) is 15.1. The maximum absolute atomic E-state index is 11.1. The van der Waals surface area contributed by atoms with Crippen LogP contribution in [0, 0.1) is 6.92 Å². The molecule has 14 heavy (non-hydrogen) atoms. The molecule has 0 aliphatic heterocycles. The lowest BCUT2D eigenvalue weighted by atomic mass is 10.1. The third kappa shape index (κ3) is 3.01. The van der Waals surface area contributed by atoms with Gasteiger partial charge in [0.05, 0.1) is 0 Å². The first kappa shape index (κ1) is 10.4. The van der Waals surface area contributed by atoms with Crippen LogP contribution >= 0.6 is 0 Å². The predicted octanol–water partition coefficient (Wildman–Crippen LogP) is 1.58. The fraction of sp³-hybridized carbons (Fsp3) is 0.273. The number of carbonyl (C=O) groups excluding carboxylic acids is 1. The number of allylic oxidation sites excluding steroid dienone is 1. The van der Waals surface area contributed by atoms with Crippen molar-refractivity contribution in [1.29, 1.82) is 0 Å². The van der Waals surface area contributed by atoms with Gasteiger partial charge in [-0.2, -0.15) is 0 Å². The highest BCUT2D eigenvalue weighted by Crippen LogP contribution is 2.03. The lowest BCUT2D eigenvalue weighted by Crippen LogP contribution is -2.20. The Kier molecular flexibility index (Phi) is 3.85. The smallest absolute Gasteiger partial charge is 0.243 e. The van der Waals surface area contributed by atoms with Gasteiger partial charge in [-0.3, -0.25) is 9.78 Å². The topological polar surface area (TPSA) is 42.0 Å². The maximum atomic E-state index is 11.1. The van der Waals surface area contributed by atoms with Crippen LogP contribution in [0.3, 0.4) is 0 Å². The number of pyridine rings is 1. The number of aryl methyl sites for hydroxylation is 1. The Balaban J connectivity index is 2.54. The van der Waals surface area contributed by atoms with Crippen LogP contribution in [-0.4, -0.2) is 10.9 Å². The zero-order valence-corrected chi connectivity index (χ0v) is 8.45. The van der Waals surface area contributed by atoms with E-state index in [1.54, 1.807) is 18.5 Å². The molecule has 0 aromatic carbocycles. The minimum atomic E-state index is -0.0660. The normalized spacial score (nSPS) is 10.4. The van der Waals surface area contributed by atoms with Crippen LogP contribution in [0.25, 0.3) is 0 Å². The largest absolute Gasteiger partial charge is 0.348 e. The molecule has 1 rings (SSSR count). The Morgan fingerprint density at radius 2 is 2.43 bits per heavy atom. The van der Waals surface area contributed by atoms with E-state index >= 15 is 0 Å². The van der Waals surface area contributed by atoms with E-state index in [1.807, 2.05) is 19.9 Å². The quantitative estimate of drug-likeness (QED) is 0.735. The van der Waals surface area contributed by atoms with Gasteiger partial charge in [0.1, 0.15) is 0 Å². The SMILES string of the molecule is C/C=C/C(=O)NCc1ccncc1C. The second kappa shape index (κ2) is 5.17. The first-order valence-corrected chi connectivity index (χ1v) is 4.54. The monoisotopic (exact) mass is 190 g/mol. The van der Waals surface area contributed by atoms with Crippen molar-refractivity contribution in [2.45, 2.75) is 20.4 Å². The molecule has 0 radical (unpaired) electrons. The third-order valence-electron chi connectivity index (χ3n) is 1.91. The summed E-state index contributed by atoms with van der Waals surface area (Å²) >= 11 is 0. The summed E-state index contributed by atoms with van der Waals surface area (Å²) in [6, 6.07) is 1.91. The molecule has 0 aliphatic rings. The van der Waals surface area contributed by atoms with Crippen LogP contribution in [-0.2, 0) is 11.3 Å². The number of carbonyl (C=O) groups is 1. The molecule has 0 saturated heterocycles. The maximum Gasteiger partial charge on any atom is 0.243 e. The predicted molar refractivity (Wildman–Crippen MR) is 55.6 cm³/mol. The van der Waals surface area contributed by atoms with Crippen molar-refractivity contribution in [3.05, 3.63) is 41.7 Å². The third-order valence-corrected chi connectivity index (χ3v) is 1.91. The Morgan fingerprint density at radius 1 is 1.64 bits per heavy atom. The fourth-order valence-electron chi connectivity index (χ4n) is 1.09. The van der Waals surface area contributed by atoms with Crippen LogP contribution in [0.5, 0.6) is 0 Å². The van der Waals surface area contributed by atoms with Crippen molar-refractivity contribution in [1.82, 2.24) is 10.3 Å². The summed E-state index contributed by atoms with van der Waals surface area (Å²) in [5.41, 5.74) is 2.19. The van der Waals surface area contributed by atoms with Gasteiger partial charge in [0.25, 0.3) is 0 Å². The molecule has 74 valence electrons. The Hall–Kier alpha value is -1.64. The lowest BCUT2D eigenvalue weighted by Gasteiger charge is -2.04. The number of hydrogen-bond donors (Lipinski definition) is 1. The second-order valence-corrected chi connectivity index (χ2v) is 3.02. The number of aromatic nitrogens is 1. The summed E-state index contributed by atoms with van der Waals surface area (Å²) in [6.07, 6.45) is 6.74. The van der Waals surface area contributed by atoms with Gasteiger partial charge in [0.15, 0.2) is 0 Å². The number of hydrogen-bond acceptors (Lipinski definition) is 2. The molecule has 3 nitrogen and oxygen atoms in total. The number of nitrogens with zero attached hydrogens (tertiary/aromatic N) is 1. The van der Waals surface area contributed by atoms with Crippen molar-refractivity contribution in [3.8, 4) is 0 Å². The molecule has 0 saturated carbocycles. The average Bonchev–Trinajstić information content (AvgIpc) is 2.17. The second-order valence-electron chi connectivity index (χ2n) is 3.02. The molecule has 1 heterocycles. The Bertz CT molecular complexity index is 345. The van der Waals surface area contributed by atoms with Crippen molar-refractivity contribution in [2.75, 3.05) is 0 Å². The summed E-state index contributed by atoms with van der Waals surface area (Å²) in [6.45, 7) is 4.35. The van der Waals surface area contributed by atoms with Crippen LogP contribution < -0.4 is 5.32 Å². The van der Waals surface area contributed by atoms with E-state index in [0.29, 0.717) is 6.54 Å². The minimum absolute atomic E-state index is 0.0660. The summed E-state index contributed by atoms with van der Waals surface area (Å²) in [7, 11) is 0. The van der Waals surface area contributed by atoms with Gasteiger partial charge < -0.3 is 5.32 Å². The first-order valence-electron chi connectivity index (χ1n) is 4.54. The van der Waals surface area contributed by atoms with E-state index in [4.69, 9.17) is 0 Å². The zero-order chi connectivity index (χ0) is 10.4. The number of nitrogens with one attached hydrogen (secondary N) is 1. The van der Waals surface area contributed by atoms with Crippen LogP contribution in [0.15, 0.2) is 30.6 Å². The highest BCUT2D eigenvalue weighted by molar-refractivity contribution is 5.87. The molecule has 0 aliphatic carbocycles. The molecule has 3 heteroatoms. The van der Waals surface area contributed by atoms with E-state index < -0.39 is 0 Å². The van der Waals surface area contributed by atoms with Gasteiger partial charge in [-0.05, 0) is 37.1 Å². The van der Waals surface area contributed by atoms with Gasteiger partial charge >= 0.3 is 0 Å². The first-order chi connectivity index (χ1) is 6.74. The zero-order valence-electron chi connectivity index (χ0n) is 8.45. The van der Waals surface area contributed by atoms with Crippen LogP contribution in [0.2, 0.25) is 0 Å². The summed E-state index contributed by atoms with van der Waals surface area (Å²) < 4.78 is 0. The van der Waals surface area contributed by atoms with Gasteiger partial charge in [-0.1, -0.05) is 6.08 Å². The molecule has 1 amide bonds. The Labute approximate surface area is 83.9 Å². The van der Waals surface area contributed by atoms with E-state index in [-0.39, 0.29) is 5.91 Å². The molecular formula is C11H14N2O. The summed E-state index contributed by atoms with van der Waals surface area (Å²) in [5.74, 6) is -0.0660. The standard InChI is InChI=1S/C11H14N2O/c1-3-4-11(14)13-8-10-5-6-12-7-9(10)2/h3-7H,8H2,1-2H3,(H,13,14)/b4-3+. The van der Waals surface area contributed by atoms with Crippen LogP contribution in [0.1, 0.15) is 18.1 Å². The van der Waals surface area contributed by atoms with Gasteiger partial charge in [-0.15, -0.1) is 0 Å². The van der Waals surface area contributed by atoms with E-state index in [1.165, 1.54) is 6.08 Å². The Morgan fingerprint density at radius 3 is 3.07 bits per heavy atom. The summed E-state index contributed by atoms with van der Waals surface area (Å²) in [5, 5.41) is 2.79. The van der Waals surface area contributed by atoms with E-state index in [9.17, 15) is 4.79 Å². The molecule has 1 aromatic rings. The van der Waals surface area contributed by atoms with Crippen molar-refractivity contribution < 1.29 is 4.79 Å². The minimum Gasteiger partial charge on any atom is -0.348 e. The molecule has 0 fully saturated rings. The molecule has 1 aromatic heterocycles. The molecule has 1 N–H and O–H groups in total. The van der Waals surface area contributed by atoms with Gasteiger partial charge in [-0.25, -0.2) is 0 Å². The number of rotatable bonds is 3. The molecular weight excluding hydrogens is 176 g/mol. The van der Waals surface area contributed by atoms with E-state index in [0.717, 1.165) is 11.1 Å². The fourth-order valence-corrected chi connectivity index (χ4v) is 1.09. The van der Waals surface area contributed by atoms with E-state index in [2.05, 4.69) is 10.3 Å². The van der Waals surface area contributed by atoms with Crippen molar-refractivity contribution >= 4 is 5.91 Å². The lowest BCUT2D eigenvalue weighted by molar-refractivity contribution is -0.116. The highest BCUT2D eigenvalue weighted by Gasteiger charge is 1.98. The highest BCUT2D eigenvalue weighted by atomic mass is 16.1. The molecule has 0 atom stereocenters. The molecule has 0 spiro atoms. The average molecular weight is 190 g/mol. The molecule has 0 unspecified atom stereocenters. The number of amides is 1. The van der Waals surface area contributed by atoms with Gasteiger partial charge in [0.2, 0.25) is 5.91 Å². The van der Waals surface area contributed by atoms with Crippen molar-refractivity contribution in [2.24, 2.45) is 0 Å². The van der Waals surface area contributed by atoms with Gasteiger partial charge in [0, 0.05) is 18.9 Å².